The topological polar surface area (TPSA) is 44.2 Å². The van der Waals surface area contributed by atoms with Crippen LogP contribution in [0.25, 0.3) is 0 Å². The van der Waals surface area contributed by atoms with Gasteiger partial charge in [-0.1, -0.05) is 0 Å². The number of halogens is 1. The second kappa shape index (κ2) is 4.11. The number of ether oxygens (including phenoxy) is 2. The average Bonchev–Trinajstić information content (AvgIpc) is 2.41. The van der Waals surface area contributed by atoms with Crippen LogP contribution in [-0.2, 0) is 17.6 Å². The number of aromatic nitrogens is 2. The fourth-order valence-corrected chi connectivity index (χ4v) is 1.73. The van der Waals surface area contributed by atoms with Gasteiger partial charge in [0.2, 0.25) is 11.2 Å². The van der Waals surface area contributed by atoms with Crippen molar-refractivity contribution < 1.29 is 9.47 Å². The number of hydrogen-bond acceptors (Lipinski definition) is 4. The molecule has 1 aromatic heterocycles. The minimum Gasteiger partial charge on any atom is -0.481 e. The number of rotatable bonds is 1. The lowest BCUT2D eigenvalue weighted by Crippen LogP contribution is -2.04. The fourth-order valence-electron chi connectivity index (χ4n) is 1.55. The molecule has 1 aromatic rings. The number of methoxy groups -OCH3 is 1. The van der Waals surface area contributed by atoms with E-state index in [1.165, 1.54) is 0 Å². The molecule has 14 heavy (non-hydrogen) atoms. The van der Waals surface area contributed by atoms with E-state index in [0.29, 0.717) is 19.1 Å². The third kappa shape index (κ3) is 1.81. The lowest BCUT2D eigenvalue weighted by Gasteiger charge is -2.08. The van der Waals surface area contributed by atoms with Gasteiger partial charge in [-0.2, -0.15) is 4.98 Å². The Hall–Kier alpha value is -0.870. The summed E-state index contributed by atoms with van der Waals surface area (Å²) in [6, 6.07) is 0. The highest BCUT2D eigenvalue weighted by Crippen LogP contribution is 2.23. The summed E-state index contributed by atoms with van der Waals surface area (Å²) in [5.41, 5.74) is 1.97. The normalized spacial score (nSPS) is 15.9. The van der Waals surface area contributed by atoms with Crippen molar-refractivity contribution in [3.8, 4) is 5.88 Å². The quantitative estimate of drug-likeness (QED) is 0.661. The number of fused-ring (bicyclic) bond motifs is 1. The standard InChI is InChI=1S/C9H11ClN2O2/c1-13-8-6-2-4-14-5-3-7(6)11-9(10)12-8/h2-5H2,1H3. The van der Waals surface area contributed by atoms with Gasteiger partial charge in [-0.15, -0.1) is 0 Å². The van der Waals surface area contributed by atoms with Gasteiger partial charge in [0.1, 0.15) is 0 Å². The molecule has 2 rings (SSSR count). The van der Waals surface area contributed by atoms with E-state index in [1.54, 1.807) is 7.11 Å². The fraction of sp³-hybridized carbons (Fsp3) is 0.556. The Morgan fingerprint density at radius 2 is 2.07 bits per heavy atom. The summed E-state index contributed by atoms with van der Waals surface area (Å²) in [7, 11) is 1.59. The average molecular weight is 215 g/mol. The maximum Gasteiger partial charge on any atom is 0.225 e. The van der Waals surface area contributed by atoms with E-state index in [9.17, 15) is 0 Å². The van der Waals surface area contributed by atoms with Crippen LogP contribution in [0.2, 0.25) is 5.28 Å². The minimum absolute atomic E-state index is 0.238. The number of nitrogens with zero attached hydrogens (tertiary/aromatic N) is 2. The molecule has 0 aromatic carbocycles. The molecule has 0 saturated heterocycles. The Bertz CT molecular complexity index is 344. The SMILES string of the molecule is COc1nc(Cl)nc2c1CCOCC2. The van der Waals surface area contributed by atoms with Gasteiger partial charge in [-0.3, -0.25) is 0 Å². The van der Waals surface area contributed by atoms with Crippen molar-refractivity contribution >= 4 is 11.6 Å². The van der Waals surface area contributed by atoms with Crippen LogP contribution in [-0.4, -0.2) is 30.3 Å². The van der Waals surface area contributed by atoms with Crippen LogP contribution in [0.1, 0.15) is 11.3 Å². The first kappa shape index (κ1) is 9.68. The molecule has 0 unspecified atom stereocenters. The molecular weight excluding hydrogens is 204 g/mol. The third-order valence-electron chi connectivity index (χ3n) is 2.20. The molecule has 4 nitrogen and oxygen atoms in total. The Kier molecular flexibility index (Phi) is 2.84. The first-order valence-corrected chi connectivity index (χ1v) is 4.86. The summed E-state index contributed by atoms with van der Waals surface area (Å²) < 4.78 is 10.5. The van der Waals surface area contributed by atoms with Gasteiger partial charge in [0.05, 0.1) is 26.0 Å². The Balaban J connectivity index is 2.46. The molecule has 0 N–H and O–H groups in total. The highest BCUT2D eigenvalue weighted by Gasteiger charge is 2.16. The van der Waals surface area contributed by atoms with Crippen molar-refractivity contribution in [3.63, 3.8) is 0 Å². The van der Waals surface area contributed by atoms with Gasteiger partial charge < -0.3 is 9.47 Å². The molecular formula is C9H11ClN2O2. The van der Waals surface area contributed by atoms with E-state index in [0.717, 1.165) is 24.1 Å². The van der Waals surface area contributed by atoms with Crippen molar-refractivity contribution in [2.24, 2.45) is 0 Å². The first-order valence-electron chi connectivity index (χ1n) is 4.48. The van der Waals surface area contributed by atoms with Crippen LogP contribution in [0.4, 0.5) is 0 Å². The van der Waals surface area contributed by atoms with Gasteiger partial charge in [0.15, 0.2) is 0 Å². The molecule has 76 valence electrons. The Morgan fingerprint density at radius 3 is 2.86 bits per heavy atom. The predicted molar refractivity (Wildman–Crippen MR) is 51.8 cm³/mol. The van der Waals surface area contributed by atoms with Crippen molar-refractivity contribution in [2.45, 2.75) is 12.8 Å². The largest absolute Gasteiger partial charge is 0.481 e. The van der Waals surface area contributed by atoms with Gasteiger partial charge in [-0.25, -0.2) is 4.98 Å². The lowest BCUT2D eigenvalue weighted by molar-refractivity contribution is 0.146. The van der Waals surface area contributed by atoms with Crippen LogP contribution >= 0.6 is 11.6 Å². The van der Waals surface area contributed by atoms with Gasteiger partial charge in [0.25, 0.3) is 0 Å². The van der Waals surface area contributed by atoms with Crippen molar-refractivity contribution in [3.05, 3.63) is 16.5 Å². The predicted octanol–water partition coefficient (Wildman–Crippen LogP) is 1.25. The lowest BCUT2D eigenvalue weighted by atomic mass is 10.1. The summed E-state index contributed by atoms with van der Waals surface area (Å²) in [4.78, 5) is 8.20. The molecule has 0 atom stereocenters. The monoisotopic (exact) mass is 214 g/mol. The van der Waals surface area contributed by atoms with E-state index in [-0.39, 0.29) is 5.28 Å². The zero-order chi connectivity index (χ0) is 9.97. The van der Waals surface area contributed by atoms with E-state index in [4.69, 9.17) is 21.1 Å². The van der Waals surface area contributed by atoms with E-state index >= 15 is 0 Å². The maximum atomic E-state index is 5.77. The van der Waals surface area contributed by atoms with Crippen molar-refractivity contribution in [2.75, 3.05) is 20.3 Å². The molecule has 0 spiro atoms. The van der Waals surface area contributed by atoms with E-state index in [1.807, 2.05) is 0 Å². The summed E-state index contributed by atoms with van der Waals surface area (Å²) in [5, 5.41) is 0.238. The molecule has 0 amide bonds. The minimum atomic E-state index is 0.238. The van der Waals surface area contributed by atoms with Crippen molar-refractivity contribution in [1.82, 2.24) is 9.97 Å². The zero-order valence-corrected chi connectivity index (χ0v) is 8.67. The van der Waals surface area contributed by atoms with Crippen LogP contribution in [0.5, 0.6) is 5.88 Å². The molecule has 0 radical (unpaired) electrons. The molecule has 0 bridgehead atoms. The Morgan fingerprint density at radius 1 is 1.29 bits per heavy atom. The molecule has 0 saturated carbocycles. The molecule has 5 heteroatoms. The molecule has 1 aliphatic rings. The maximum absolute atomic E-state index is 5.77. The van der Waals surface area contributed by atoms with Gasteiger partial charge >= 0.3 is 0 Å². The van der Waals surface area contributed by atoms with E-state index < -0.39 is 0 Å². The summed E-state index contributed by atoms with van der Waals surface area (Å²) in [6.45, 7) is 1.37. The van der Waals surface area contributed by atoms with Crippen LogP contribution in [0.15, 0.2) is 0 Å². The Labute approximate surface area is 87.2 Å². The zero-order valence-electron chi connectivity index (χ0n) is 7.92. The van der Waals surface area contributed by atoms with Gasteiger partial charge in [-0.05, 0) is 11.6 Å². The summed E-state index contributed by atoms with van der Waals surface area (Å²) >= 11 is 5.77. The van der Waals surface area contributed by atoms with Crippen LogP contribution in [0.3, 0.4) is 0 Å². The van der Waals surface area contributed by atoms with Crippen molar-refractivity contribution in [1.29, 1.82) is 0 Å². The smallest absolute Gasteiger partial charge is 0.225 e. The van der Waals surface area contributed by atoms with E-state index in [2.05, 4.69) is 9.97 Å². The molecule has 1 aliphatic heterocycles. The summed E-state index contributed by atoms with van der Waals surface area (Å²) in [6.07, 6.45) is 1.56. The highest BCUT2D eigenvalue weighted by atomic mass is 35.5. The summed E-state index contributed by atoms with van der Waals surface area (Å²) in [5.74, 6) is 0.575. The van der Waals surface area contributed by atoms with Crippen LogP contribution < -0.4 is 4.74 Å². The number of hydrogen-bond donors (Lipinski definition) is 0. The third-order valence-corrected chi connectivity index (χ3v) is 2.37. The molecule has 0 aliphatic carbocycles. The van der Waals surface area contributed by atoms with Gasteiger partial charge in [0, 0.05) is 18.4 Å². The molecule has 2 heterocycles. The highest BCUT2D eigenvalue weighted by molar-refractivity contribution is 6.28. The second-order valence-electron chi connectivity index (χ2n) is 3.04. The molecule has 0 fully saturated rings. The first-order chi connectivity index (χ1) is 6.81. The second-order valence-corrected chi connectivity index (χ2v) is 3.38. The van der Waals surface area contributed by atoms with Crippen LogP contribution in [0, 0.1) is 0 Å².